The van der Waals surface area contributed by atoms with Gasteiger partial charge in [-0.25, -0.2) is 0 Å². The van der Waals surface area contributed by atoms with E-state index < -0.39 is 11.7 Å². The van der Waals surface area contributed by atoms with E-state index in [-0.39, 0.29) is 17.7 Å². The van der Waals surface area contributed by atoms with Gasteiger partial charge < -0.3 is 5.73 Å². The van der Waals surface area contributed by atoms with Gasteiger partial charge in [0.2, 0.25) is 0 Å². The minimum atomic E-state index is -4.47. The number of halogens is 3. The van der Waals surface area contributed by atoms with Gasteiger partial charge in [-0.05, 0) is 30.2 Å². The smallest absolute Gasteiger partial charge is 0.326 e. The highest BCUT2D eigenvalue weighted by Crippen LogP contribution is 2.33. The van der Waals surface area contributed by atoms with Gasteiger partial charge in [0, 0.05) is 6.54 Å². The summed E-state index contributed by atoms with van der Waals surface area (Å²) in [4.78, 5) is 0. The normalized spacial score (nSPS) is 11.2. The van der Waals surface area contributed by atoms with Gasteiger partial charge in [-0.3, -0.25) is 0 Å². The zero-order valence-corrected chi connectivity index (χ0v) is 8.02. The Balaban J connectivity index is 3.48. The molecule has 2 N–H and O–H groups in total. The van der Waals surface area contributed by atoms with Gasteiger partial charge in [0.05, 0.1) is 17.2 Å². The number of benzene rings is 1. The van der Waals surface area contributed by atoms with Crippen LogP contribution in [0.2, 0.25) is 0 Å². The SMILES string of the molecule is Cc1cc(C#N)cc(C(F)(F)F)c1CN. The number of nitrogens with two attached hydrogens (primary N) is 1. The van der Waals surface area contributed by atoms with Crippen molar-refractivity contribution in [2.75, 3.05) is 0 Å². The lowest BCUT2D eigenvalue weighted by Gasteiger charge is -2.14. The Kier molecular flexibility index (Phi) is 3.01. The second kappa shape index (κ2) is 3.91. The number of aryl methyl sites for hydroxylation is 1. The highest BCUT2D eigenvalue weighted by molar-refractivity contribution is 5.44. The average Bonchev–Trinajstić information content (AvgIpc) is 2.15. The van der Waals surface area contributed by atoms with E-state index in [1.807, 2.05) is 0 Å². The molecule has 0 bridgehead atoms. The van der Waals surface area contributed by atoms with Crippen LogP contribution in [-0.4, -0.2) is 0 Å². The van der Waals surface area contributed by atoms with Crippen LogP contribution in [0.25, 0.3) is 0 Å². The Morgan fingerprint density at radius 3 is 2.40 bits per heavy atom. The fourth-order valence-corrected chi connectivity index (χ4v) is 1.41. The Labute approximate surface area is 85.1 Å². The summed E-state index contributed by atoms with van der Waals surface area (Å²) in [6, 6.07) is 3.92. The third-order valence-corrected chi connectivity index (χ3v) is 2.11. The molecule has 0 spiro atoms. The molecule has 0 fully saturated rings. The van der Waals surface area contributed by atoms with Gasteiger partial charge in [0.1, 0.15) is 0 Å². The van der Waals surface area contributed by atoms with Crippen LogP contribution in [0, 0.1) is 18.3 Å². The molecule has 15 heavy (non-hydrogen) atoms. The predicted molar refractivity (Wildman–Crippen MR) is 48.8 cm³/mol. The summed E-state index contributed by atoms with van der Waals surface area (Å²) in [5, 5.41) is 8.57. The zero-order chi connectivity index (χ0) is 11.6. The first-order valence-corrected chi connectivity index (χ1v) is 4.21. The molecule has 1 aromatic rings. The van der Waals surface area contributed by atoms with Crippen LogP contribution in [0.5, 0.6) is 0 Å². The molecule has 1 aromatic carbocycles. The standard InChI is InChI=1S/C10H9F3N2/c1-6-2-7(4-14)3-9(8(6)5-15)10(11,12)13/h2-3H,5,15H2,1H3. The highest BCUT2D eigenvalue weighted by Gasteiger charge is 2.33. The number of rotatable bonds is 1. The maximum Gasteiger partial charge on any atom is 0.416 e. The molecule has 0 aliphatic carbocycles. The molecule has 2 nitrogen and oxygen atoms in total. The topological polar surface area (TPSA) is 49.8 Å². The molecule has 0 saturated carbocycles. The van der Waals surface area contributed by atoms with Crippen molar-refractivity contribution < 1.29 is 13.2 Å². The fourth-order valence-electron chi connectivity index (χ4n) is 1.41. The van der Waals surface area contributed by atoms with Crippen molar-refractivity contribution in [3.63, 3.8) is 0 Å². The van der Waals surface area contributed by atoms with E-state index in [0.29, 0.717) is 5.56 Å². The summed E-state index contributed by atoms with van der Waals surface area (Å²) in [6.07, 6.45) is -4.47. The van der Waals surface area contributed by atoms with E-state index in [4.69, 9.17) is 11.0 Å². The summed E-state index contributed by atoms with van der Waals surface area (Å²) in [6.45, 7) is 1.32. The largest absolute Gasteiger partial charge is 0.416 e. The number of alkyl halides is 3. The lowest BCUT2D eigenvalue weighted by atomic mass is 9.98. The molecule has 0 aliphatic heterocycles. The van der Waals surface area contributed by atoms with E-state index in [1.165, 1.54) is 13.0 Å². The molecule has 0 atom stereocenters. The van der Waals surface area contributed by atoms with Gasteiger partial charge in [0.15, 0.2) is 0 Å². The zero-order valence-electron chi connectivity index (χ0n) is 8.02. The van der Waals surface area contributed by atoms with Gasteiger partial charge in [-0.2, -0.15) is 18.4 Å². The first kappa shape index (κ1) is 11.5. The highest BCUT2D eigenvalue weighted by atomic mass is 19.4. The Morgan fingerprint density at radius 1 is 1.40 bits per heavy atom. The molecule has 0 aromatic heterocycles. The van der Waals surface area contributed by atoms with Crippen molar-refractivity contribution in [3.8, 4) is 6.07 Å². The van der Waals surface area contributed by atoms with Crippen LogP contribution < -0.4 is 5.73 Å². The maximum atomic E-state index is 12.6. The van der Waals surface area contributed by atoms with Gasteiger partial charge >= 0.3 is 6.18 Å². The van der Waals surface area contributed by atoms with Gasteiger partial charge in [-0.15, -0.1) is 0 Å². The monoisotopic (exact) mass is 214 g/mol. The lowest BCUT2D eigenvalue weighted by Crippen LogP contribution is -2.13. The summed E-state index contributed by atoms with van der Waals surface area (Å²) in [5.41, 5.74) is 4.87. The molecular weight excluding hydrogens is 205 g/mol. The van der Waals surface area contributed by atoms with Crippen LogP contribution in [0.1, 0.15) is 22.3 Å². The first-order chi connectivity index (χ1) is 6.90. The molecule has 0 aliphatic rings. The molecule has 0 amide bonds. The van der Waals surface area contributed by atoms with Crippen molar-refractivity contribution in [1.29, 1.82) is 5.26 Å². The first-order valence-electron chi connectivity index (χ1n) is 4.21. The maximum absolute atomic E-state index is 12.6. The number of nitrogens with zero attached hydrogens (tertiary/aromatic N) is 1. The third kappa shape index (κ3) is 2.28. The Morgan fingerprint density at radius 2 is 2.00 bits per heavy atom. The van der Waals surface area contributed by atoms with Crippen molar-refractivity contribution >= 4 is 0 Å². The van der Waals surface area contributed by atoms with Crippen molar-refractivity contribution in [1.82, 2.24) is 0 Å². The summed E-state index contributed by atoms with van der Waals surface area (Å²) < 4.78 is 37.7. The van der Waals surface area contributed by atoms with Crippen molar-refractivity contribution in [3.05, 3.63) is 34.4 Å². The van der Waals surface area contributed by atoms with Gasteiger partial charge in [0.25, 0.3) is 0 Å². The predicted octanol–water partition coefficient (Wildman–Crippen LogP) is 2.34. The molecule has 5 heteroatoms. The van der Waals surface area contributed by atoms with Crippen molar-refractivity contribution in [2.24, 2.45) is 5.73 Å². The summed E-state index contributed by atoms with van der Waals surface area (Å²) in [5.74, 6) is 0. The quantitative estimate of drug-likeness (QED) is 0.780. The molecular formula is C10H9F3N2. The van der Waals surface area contributed by atoms with Crippen molar-refractivity contribution in [2.45, 2.75) is 19.6 Å². The average molecular weight is 214 g/mol. The van der Waals surface area contributed by atoms with Crippen LogP contribution in [0.4, 0.5) is 13.2 Å². The molecule has 0 heterocycles. The second-order valence-corrected chi connectivity index (χ2v) is 3.13. The number of hydrogen-bond donors (Lipinski definition) is 1. The van der Waals surface area contributed by atoms with E-state index in [1.54, 1.807) is 6.07 Å². The summed E-state index contributed by atoms with van der Waals surface area (Å²) in [7, 11) is 0. The van der Waals surface area contributed by atoms with Crippen LogP contribution >= 0.6 is 0 Å². The lowest BCUT2D eigenvalue weighted by molar-refractivity contribution is -0.138. The van der Waals surface area contributed by atoms with E-state index in [2.05, 4.69) is 0 Å². The van der Waals surface area contributed by atoms with E-state index >= 15 is 0 Å². The van der Waals surface area contributed by atoms with Crippen LogP contribution in [0.3, 0.4) is 0 Å². The summed E-state index contributed by atoms with van der Waals surface area (Å²) >= 11 is 0. The van der Waals surface area contributed by atoms with Gasteiger partial charge in [-0.1, -0.05) is 0 Å². The van der Waals surface area contributed by atoms with E-state index in [9.17, 15) is 13.2 Å². The molecule has 0 radical (unpaired) electrons. The molecule has 1 rings (SSSR count). The third-order valence-electron chi connectivity index (χ3n) is 2.11. The minimum Gasteiger partial charge on any atom is -0.326 e. The molecule has 0 unspecified atom stereocenters. The van der Waals surface area contributed by atoms with Crippen LogP contribution in [-0.2, 0) is 12.7 Å². The molecule has 80 valence electrons. The Bertz CT molecular complexity index is 416. The number of nitriles is 1. The second-order valence-electron chi connectivity index (χ2n) is 3.13. The minimum absolute atomic E-state index is 0.00275. The molecule has 0 saturated heterocycles. The van der Waals surface area contributed by atoms with E-state index in [0.717, 1.165) is 6.07 Å². The number of hydrogen-bond acceptors (Lipinski definition) is 2. The van der Waals surface area contributed by atoms with Crippen LogP contribution in [0.15, 0.2) is 12.1 Å². The fraction of sp³-hybridized carbons (Fsp3) is 0.300. The Hall–Kier alpha value is -1.54.